The number of halogens is 2. The van der Waals surface area contributed by atoms with Gasteiger partial charge in [0.15, 0.2) is 12.3 Å². The van der Waals surface area contributed by atoms with Crippen molar-refractivity contribution in [3.63, 3.8) is 0 Å². The molecule has 1 saturated heterocycles. The molecule has 0 amide bonds. The van der Waals surface area contributed by atoms with Crippen molar-refractivity contribution in [2.24, 2.45) is 11.8 Å². The Hall–Kier alpha value is 0.440. The molecule has 0 aromatic heterocycles. The monoisotopic (exact) mass is 368 g/mol. The van der Waals surface area contributed by atoms with Crippen molar-refractivity contribution in [3.05, 3.63) is 0 Å². The number of fused-ring (bicyclic) bond motifs is 1. The van der Waals surface area contributed by atoms with Crippen molar-refractivity contribution in [3.8, 4) is 0 Å². The summed E-state index contributed by atoms with van der Waals surface area (Å²) in [4.78, 5) is 0. The number of hydrogen-bond donors (Lipinski definition) is 2. The van der Waals surface area contributed by atoms with E-state index in [2.05, 4.69) is 25.5 Å². The van der Waals surface area contributed by atoms with E-state index in [0.717, 1.165) is 38.5 Å². The summed E-state index contributed by atoms with van der Waals surface area (Å²) in [5.41, 5.74) is -0.275. The third-order valence-corrected chi connectivity index (χ3v) is 6.24. The van der Waals surface area contributed by atoms with Gasteiger partial charge >= 0.3 is 0 Å². The average molecular weight is 369 g/mol. The highest BCUT2D eigenvalue weighted by Gasteiger charge is 2.49. The summed E-state index contributed by atoms with van der Waals surface area (Å²) in [7, 11) is 0. The largest absolute Gasteiger partial charge is 0.375 e. The van der Waals surface area contributed by atoms with Crippen molar-refractivity contribution in [2.75, 3.05) is 6.61 Å². The van der Waals surface area contributed by atoms with E-state index in [9.17, 15) is 8.78 Å². The molecule has 3 aliphatic rings. The lowest BCUT2D eigenvalue weighted by Gasteiger charge is -2.44. The van der Waals surface area contributed by atoms with Crippen LogP contribution in [0.2, 0.25) is 0 Å². The van der Waals surface area contributed by atoms with E-state index >= 15 is 0 Å². The zero-order chi connectivity index (χ0) is 16.4. The normalized spacial score (nSPS) is 48.0. The zero-order valence-corrected chi connectivity index (χ0v) is 14.9. The number of ether oxygens (including phenoxy) is 2. The molecule has 1 heterocycles. The fourth-order valence-corrected chi connectivity index (χ4v) is 4.61. The molecule has 0 aromatic rings. The van der Waals surface area contributed by atoms with E-state index in [1.54, 1.807) is 0 Å². The van der Waals surface area contributed by atoms with Gasteiger partial charge in [0.2, 0.25) is 0 Å². The van der Waals surface area contributed by atoms with E-state index in [-0.39, 0.29) is 17.5 Å². The average Bonchev–Trinajstić information content (AvgIpc) is 2.58. The van der Waals surface area contributed by atoms with Gasteiger partial charge in [0, 0.05) is 6.61 Å². The molecular weight excluding hydrogens is 342 g/mol. The summed E-state index contributed by atoms with van der Waals surface area (Å²) in [5, 5.41) is 0. The number of alkyl halides is 2. The van der Waals surface area contributed by atoms with E-state index in [1.807, 2.05) is 0 Å². The molecule has 0 radical (unpaired) electrons. The summed E-state index contributed by atoms with van der Waals surface area (Å²) >= 11 is 8.10. The zero-order valence-electron chi connectivity index (χ0n) is 13.2. The van der Waals surface area contributed by atoms with Gasteiger partial charge < -0.3 is 13.7 Å². The summed E-state index contributed by atoms with van der Waals surface area (Å²) in [6.07, 6.45) is 1.73. The van der Waals surface area contributed by atoms with Crippen LogP contribution in [0.3, 0.4) is 0 Å². The fraction of sp³-hybridized carbons (Fsp3) is 1.00. The molecule has 3 rings (SSSR count). The van der Waals surface area contributed by atoms with E-state index in [1.165, 1.54) is 0 Å². The summed E-state index contributed by atoms with van der Waals surface area (Å²) in [6.45, 7) is 0.504. The maximum atomic E-state index is 14.4. The van der Waals surface area contributed by atoms with Gasteiger partial charge in [-0.3, -0.25) is 0 Å². The van der Waals surface area contributed by atoms with Gasteiger partial charge in [-0.2, -0.15) is 0 Å². The molecule has 0 N–H and O–H groups in total. The first-order valence-electron chi connectivity index (χ1n) is 8.62. The number of thiol groups is 2. The summed E-state index contributed by atoms with van der Waals surface area (Å²) < 4.78 is 45.1. The van der Waals surface area contributed by atoms with Crippen molar-refractivity contribution < 1.29 is 22.4 Å². The SMILES string of the molecule is FC1C(OCC2CCC(OS)CC2)CC2CCC(S)OC2C1F. The number of hydrogen-bond acceptors (Lipinski definition) is 5. The van der Waals surface area contributed by atoms with E-state index < -0.39 is 24.6 Å². The molecule has 7 heteroatoms. The maximum Gasteiger partial charge on any atom is 0.160 e. The van der Waals surface area contributed by atoms with Crippen LogP contribution < -0.4 is 0 Å². The molecular formula is C16H26F2O3S2. The summed E-state index contributed by atoms with van der Waals surface area (Å²) in [6, 6.07) is 0. The first kappa shape index (κ1) is 18.2. The molecule has 0 bridgehead atoms. The molecule has 2 saturated carbocycles. The molecule has 134 valence electrons. The molecule has 1 aliphatic heterocycles. The minimum absolute atomic E-state index is 0.0405. The van der Waals surface area contributed by atoms with Gasteiger partial charge in [-0.1, -0.05) is 0 Å². The van der Waals surface area contributed by atoms with Crippen LogP contribution in [0.1, 0.15) is 44.9 Å². The molecule has 0 spiro atoms. The Morgan fingerprint density at radius 3 is 2.43 bits per heavy atom. The molecule has 6 unspecified atom stereocenters. The fourth-order valence-electron chi connectivity index (χ4n) is 4.11. The minimum Gasteiger partial charge on any atom is -0.375 e. The topological polar surface area (TPSA) is 27.7 Å². The molecule has 23 heavy (non-hydrogen) atoms. The van der Waals surface area contributed by atoms with Crippen LogP contribution >= 0.6 is 25.5 Å². The Morgan fingerprint density at radius 1 is 1.00 bits per heavy atom. The first-order valence-corrected chi connectivity index (χ1v) is 9.50. The van der Waals surface area contributed by atoms with Gasteiger partial charge in [0.05, 0.1) is 18.3 Å². The van der Waals surface area contributed by atoms with Crippen LogP contribution in [-0.2, 0) is 13.7 Å². The van der Waals surface area contributed by atoms with Gasteiger partial charge in [-0.05, 0) is 69.7 Å². The highest BCUT2D eigenvalue weighted by molar-refractivity contribution is 7.80. The molecule has 6 atom stereocenters. The molecule has 2 aliphatic carbocycles. The third kappa shape index (κ3) is 4.35. The Balaban J connectivity index is 1.49. The van der Waals surface area contributed by atoms with Crippen LogP contribution in [0.25, 0.3) is 0 Å². The lowest BCUT2D eigenvalue weighted by atomic mass is 9.78. The van der Waals surface area contributed by atoms with Crippen LogP contribution in [0.4, 0.5) is 8.78 Å². The standard InChI is InChI=1S/C16H26F2O3S2/c17-14-12(19-8-9-1-4-11(21-23)5-2-9)7-10-3-6-13(22)20-16(10)15(14)18/h9-16,22-23H,1-8H2. The van der Waals surface area contributed by atoms with Crippen molar-refractivity contribution in [2.45, 2.75) is 81.0 Å². The van der Waals surface area contributed by atoms with Gasteiger partial charge in [-0.25, -0.2) is 8.78 Å². The second kappa shape index (κ2) is 8.21. The predicted octanol–water partition coefficient (Wildman–Crippen LogP) is 3.92. The molecule has 3 fully saturated rings. The lowest BCUT2D eigenvalue weighted by molar-refractivity contribution is -0.169. The smallest absolute Gasteiger partial charge is 0.160 e. The minimum atomic E-state index is -1.61. The molecule has 0 aromatic carbocycles. The van der Waals surface area contributed by atoms with Crippen molar-refractivity contribution >= 4 is 25.5 Å². The van der Waals surface area contributed by atoms with Gasteiger partial charge in [0.1, 0.15) is 5.44 Å². The van der Waals surface area contributed by atoms with Crippen molar-refractivity contribution in [1.29, 1.82) is 0 Å². The van der Waals surface area contributed by atoms with Gasteiger partial charge in [0.25, 0.3) is 0 Å². The Morgan fingerprint density at radius 2 is 1.74 bits per heavy atom. The quantitative estimate of drug-likeness (QED) is 0.582. The van der Waals surface area contributed by atoms with Crippen LogP contribution in [0.15, 0.2) is 0 Å². The third-order valence-electron chi connectivity index (χ3n) is 5.56. The van der Waals surface area contributed by atoms with E-state index in [4.69, 9.17) is 13.7 Å². The second-order valence-electron chi connectivity index (χ2n) is 7.14. The van der Waals surface area contributed by atoms with E-state index in [0.29, 0.717) is 18.9 Å². The highest BCUT2D eigenvalue weighted by atomic mass is 32.1. The Kier molecular flexibility index (Phi) is 6.51. The van der Waals surface area contributed by atoms with Gasteiger partial charge in [-0.15, -0.1) is 12.6 Å². The second-order valence-corrected chi connectivity index (χ2v) is 7.92. The van der Waals surface area contributed by atoms with Crippen LogP contribution in [-0.4, -0.2) is 42.7 Å². The predicted molar refractivity (Wildman–Crippen MR) is 90.3 cm³/mol. The summed E-state index contributed by atoms with van der Waals surface area (Å²) in [5.74, 6) is 0.445. The lowest BCUT2D eigenvalue weighted by Crippen LogP contribution is -2.54. The first-order chi connectivity index (χ1) is 11.1. The van der Waals surface area contributed by atoms with Crippen LogP contribution in [0, 0.1) is 11.8 Å². The maximum absolute atomic E-state index is 14.4. The van der Waals surface area contributed by atoms with Crippen molar-refractivity contribution in [1.82, 2.24) is 0 Å². The Bertz CT molecular complexity index is 380. The Labute approximate surface area is 147 Å². The highest BCUT2D eigenvalue weighted by Crippen LogP contribution is 2.41. The number of rotatable bonds is 4. The van der Waals surface area contributed by atoms with Crippen LogP contribution in [0.5, 0.6) is 0 Å². The molecule has 3 nitrogen and oxygen atoms in total.